The molecule has 3 unspecified atom stereocenters. The summed E-state index contributed by atoms with van der Waals surface area (Å²) in [5.74, 6) is 0. The highest BCUT2D eigenvalue weighted by atomic mass is 16.5. The molecular weight excluding hydrogens is 801 g/mol. The van der Waals surface area contributed by atoms with Crippen LogP contribution in [0.1, 0.15) is 110 Å². The molecule has 0 saturated carbocycles. The Morgan fingerprint density at radius 3 is 1.19 bits per heavy atom. The minimum atomic E-state index is 0. The number of likely N-dealkylation sites (N-methyl/N-ethyl adjacent to an activating group) is 4. The van der Waals surface area contributed by atoms with E-state index < -0.39 is 0 Å². The molecule has 4 aliphatic heterocycles. The molecule has 12 heteroatoms. The predicted octanol–water partition coefficient (Wildman–Crippen LogP) is 7.45. The second-order valence-electron chi connectivity index (χ2n) is 19.2. The zero-order valence-corrected chi connectivity index (χ0v) is 42.2. The average molecular weight is 912 g/mol. The van der Waals surface area contributed by atoms with Crippen LogP contribution in [0.25, 0.3) is 0 Å². The Kier molecular flexibility index (Phi) is 38.2. The Balaban J connectivity index is 0. The number of rotatable bonds is 18. The molecule has 4 heterocycles. The Bertz CT molecular complexity index is 1150. The highest BCUT2D eigenvalue weighted by Crippen LogP contribution is 2.21. The van der Waals surface area contributed by atoms with E-state index in [1.807, 2.05) is 0 Å². The molecule has 64 heavy (non-hydrogen) atoms. The van der Waals surface area contributed by atoms with Gasteiger partial charge in [0.1, 0.15) is 0 Å². The number of hydrogen-bond donors (Lipinski definition) is 0. The standard InChI is InChI=1S/C16H26N2O.C12H26N2O.C11H24N2O.C10H22N2O.3CH4/c1-14(2)19-16(15-7-5-4-6-8-15)13-18-11-9-17(3)10-12-18;1-5-12(15-11(2)3)10-14-8-6-13(4)7-9-14;1-10(2)14-11(3)9-13-7-5-12(4)6-8-13;1-10(2)13-9-8-12-6-4-11(3)5-7-12;;;/h4-8,14,16H,9-13H2,1-3H3;11-12H,5-10H2,1-4H3;10-11H,5-9H2,1-4H3;10H,4-9H2,1-3H3;3*1H4. The summed E-state index contributed by atoms with van der Waals surface area (Å²) in [5, 5.41) is 0. The van der Waals surface area contributed by atoms with Crippen molar-refractivity contribution in [3.8, 4) is 0 Å². The summed E-state index contributed by atoms with van der Waals surface area (Å²) < 4.78 is 23.2. The highest BCUT2D eigenvalue weighted by Gasteiger charge is 2.22. The number of nitrogens with zero attached hydrogens (tertiary/aromatic N) is 8. The molecule has 5 rings (SSSR count). The van der Waals surface area contributed by atoms with Crippen LogP contribution >= 0.6 is 0 Å². The first kappa shape index (κ1) is 64.8. The number of ether oxygens (including phenoxy) is 4. The van der Waals surface area contributed by atoms with Crippen LogP contribution < -0.4 is 0 Å². The Labute approximate surface area is 399 Å². The fraction of sp³-hybridized carbons (Fsp3) is 0.885. The number of benzene rings is 1. The molecule has 0 N–H and O–H groups in total. The van der Waals surface area contributed by atoms with Crippen molar-refractivity contribution in [2.45, 2.75) is 141 Å². The minimum absolute atomic E-state index is 0. The lowest BCUT2D eigenvalue weighted by molar-refractivity contribution is -0.0200. The Morgan fingerprint density at radius 1 is 0.438 bits per heavy atom. The van der Waals surface area contributed by atoms with Crippen molar-refractivity contribution in [1.82, 2.24) is 39.2 Å². The lowest BCUT2D eigenvalue weighted by atomic mass is 10.1. The van der Waals surface area contributed by atoms with Gasteiger partial charge in [0.05, 0.1) is 49.3 Å². The molecule has 382 valence electrons. The zero-order chi connectivity index (χ0) is 45.2. The topological polar surface area (TPSA) is 62.8 Å². The fourth-order valence-electron chi connectivity index (χ4n) is 7.85. The van der Waals surface area contributed by atoms with E-state index in [1.54, 1.807) is 0 Å². The van der Waals surface area contributed by atoms with Crippen LogP contribution in [-0.4, -0.2) is 242 Å². The van der Waals surface area contributed by atoms with Gasteiger partial charge in [0.15, 0.2) is 0 Å². The van der Waals surface area contributed by atoms with Crippen molar-refractivity contribution in [2.75, 3.05) is 166 Å². The van der Waals surface area contributed by atoms with Crippen molar-refractivity contribution < 1.29 is 18.9 Å². The second kappa shape index (κ2) is 37.7. The van der Waals surface area contributed by atoms with E-state index in [4.69, 9.17) is 18.9 Å². The first-order valence-electron chi connectivity index (χ1n) is 24.3. The monoisotopic (exact) mass is 911 g/mol. The van der Waals surface area contributed by atoms with Gasteiger partial charge < -0.3 is 38.5 Å². The molecule has 0 amide bonds. The molecule has 4 aliphatic rings. The van der Waals surface area contributed by atoms with E-state index in [2.05, 4.69) is 167 Å². The van der Waals surface area contributed by atoms with Crippen molar-refractivity contribution in [1.29, 1.82) is 0 Å². The highest BCUT2D eigenvalue weighted by molar-refractivity contribution is 5.18. The van der Waals surface area contributed by atoms with Gasteiger partial charge in [-0.3, -0.25) is 19.6 Å². The molecular formula is C52H110N8O4. The summed E-state index contributed by atoms with van der Waals surface area (Å²) >= 11 is 0. The summed E-state index contributed by atoms with van der Waals surface area (Å²) in [6.45, 7) is 45.2. The molecule has 0 spiro atoms. The van der Waals surface area contributed by atoms with Gasteiger partial charge in [0, 0.05) is 131 Å². The molecule has 4 fully saturated rings. The summed E-state index contributed by atoms with van der Waals surface area (Å²) in [4.78, 5) is 19.5. The van der Waals surface area contributed by atoms with E-state index in [0.717, 1.165) is 65.4 Å². The van der Waals surface area contributed by atoms with Crippen LogP contribution in [-0.2, 0) is 18.9 Å². The number of hydrogen-bond acceptors (Lipinski definition) is 12. The lowest BCUT2D eigenvalue weighted by Crippen LogP contribution is -2.47. The van der Waals surface area contributed by atoms with Gasteiger partial charge in [-0.25, -0.2) is 0 Å². The lowest BCUT2D eigenvalue weighted by Gasteiger charge is -2.35. The third-order valence-corrected chi connectivity index (χ3v) is 11.7. The van der Waals surface area contributed by atoms with Crippen molar-refractivity contribution in [2.24, 2.45) is 0 Å². The third-order valence-electron chi connectivity index (χ3n) is 11.7. The van der Waals surface area contributed by atoms with E-state index in [1.165, 1.54) is 84.1 Å². The first-order valence-corrected chi connectivity index (χ1v) is 24.3. The Hall–Kier alpha value is -1.26. The zero-order valence-electron chi connectivity index (χ0n) is 42.2. The fourth-order valence-corrected chi connectivity index (χ4v) is 7.85. The summed E-state index contributed by atoms with van der Waals surface area (Å²) in [6, 6.07) is 10.6. The van der Waals surface area contributed by atoms with Crippen LogP contribution in [0.3, 0.4) is 0 Å². The van der Waals surface area contributed by atoms with E-state index >= 15 is 0 Å². The van der Waals surface area contributed by atoms with Crippen molar-refractivity contribution >= 4 is 0 Å². The van der Waals surface area contributed by atoms with Gasteiger partial charge >= 0.3 is 0 Å². The molecule has 0 aromatic heterocycles. The summed E-state index contributed by atoms with van der Waals surface area (Å²) in [7, 11) is 8.75. The van der Waals surface area contributed by atoms with Gasteiger partial charge in [0.25, 0.3) is 0 Å². The van der Waals surface area contributed by atoms with Gasteiger partial charge in [-0.1, -0.05) is 59.5 Å². The molecule has 1 aromatic carbocycles. The van der Waals surface area contributed by atoms with Crippen LogP contribution in [0.15, 0.2) is 30.3 Å². The van der Waals surface area contributed by atoms with E-state index in [-0.39, 0.29) is 34.5 Å². The predicted molar refractivity (Wildman–Crippen MR) is 278 cm³/mol. The smallest absolute Gasteiger partial charge is 0.0955 e. The normalized spacial score (nSPS) is 20.4. The maximum absolute atomic E-state index is 6.11. The molecule has 0 aliphatic carbocycles. The molecule has 4 saturated heterocycles. The molecule has 12 nitrogen and oxygen atoms in total. The Morgan fingerprint density at radius 2 is 0.812 bits per heavy atom. The SMILES string of the molecule is C.C.C.CC(C)OC(C)CN1CCN(C)CC1.CC(C)OC(CN1CCN(C)CC1)c1ccccc1.CC(C)OCCN1CCN(C)CC1.CCC(CN1CCN(C)CC1)OC(C)C. The number of piperazine rings is 4. The second-order valence-corrected chi connectivity index (χ2v) is 19.2. The molecule has 0 radical (unpaired) electrons. The van der Waals surface area contributed by atoms with Gasteiger partial charge in [-0.15, -0.1) is 0 Å². The van der Waals surface area contributed by atoms with Gasteiger partial charge in [0.2, 0.25) is 0 Å². The van der Waals surface area contributed by atoms with Crippen molar-refractivity contribution in [3.63, 3.8) is 0 Å². The summed E-state index contributed by atoms with van der Waals surface area (Å²) in [5.41, 5.74) is 1.29. The minimum Gasteiger partial charge on any atom is -0.377 e. The maximum Gasteiger partial charge on any atom is 0.0955 e. The quantitative estimate of drug-likeness (QED) is 0.147. The van der Waals surface area contributed by atoms with E-state index in [0.29, 0.717) is 30.5 Å². The van der Waals surface area contributed by atoms with E-state index in [9.17, 15) is 0 Å². The molecule has 3 atom stereocenters. The van der Waals surface area contributed by atoms with Crippen LogP contribution in [0.2, 0.25) is 0 Å². The molecule has 1 aromatic rings. The largest absolute Gasteiger partial charge is 0.377 e. The molecule has 0 bridgehead atoms. The first-order chi connectivity index (χ1) is 29.0. The average Bonchev–Trinajstić information content (AvgIpc) is 3.21. The summed E-state index contributed by atoms with van der Waals surface area (Å²) in [6.07, 6.45) is 3.39. The van der Waals surface area contributed by atoms with Crippen LogP contribution in [0.5, 0.6) is 0 Å². The third kappa shape index (κ3) is 31.7. The van der Waals surface area contributed by atoms with Gasteiger partial charge in [-0.05, 0) is 102 Å². The van der Waals surface area contributed by atoms with Gasteiger partial charge in [-0.2, -0.15) is 0 Å². The van der Waals surface area contributed by atoms with Crippen LogP contribution in [0, 0.1) is 0 Å². The van der Waals surface area contributed by atoms with Crippen LogP contribution in [0.4, 0.5) is 0 Å². The maximum atomic E-state index is 6.11. The van der Waals surface area contributed by atoms with Crippen molar-refractivity contribution in [3.05, 3.63) is 35.9 Å².